The van der Waals surface area contributed by atoms with Crippen molar-refractivity contribution in [1.29, 1.82) is 0 Å². The molecule has 1 saturated heterocycles. The van der Waals surface area contributed by atoms with Crippen molar-refractivity contribution in [2.45, 2.75) is 25.6 Å². The van der Waals surface area contributed by atoms with Crippen molar-refractivity contribution in [2.24, 2.45) is 0 Å². The van der Waals surface area contributed by atoms with Crippen molar-refractivity contribution < 1.29 is 4.79 Å². The van der Waals surface area contributed by atoms with Gasteiger partial charge in [-0.25, -0.2) is 4.68 Å². The summed E-state index contributed by atoms with van der Waals surface area (Å²) in [6.45, 7) is 4.00. The number of carbonyl (C=O) groups excluding carboxylic acids is 1. The average Bonchev–Trinajstić information content (AvgIpc) is 3.07. The lowest BCUT2D eigenvalue weighted by molar-refractivity contribution is -0.139. The molecule has 0 spiro atoms. The molecule has 0 N–H and O–H groups in total. The van der Waals surface area contributed by atoms with Gasteiger partial charge in [-0.3, -0.25) is 9.69 Å². The number of hydrogen-bond donors (Lipinski definition) is 0. The molecule has 4 rings (SSSR count). The number of tetrazole rings is 1. The lowest BCUT2D eigenvalue weighted by Gasteiger charge is -2.46. The molecular formula is C13H16N6OS. The topological polar surface area (TPSA) is 67.2 Å². The van der Waals surface area contributed by atoms with Crippen LogP contribution in [0.1, 0.15) is 10.4 Å². The van der Waals surface area contributed by atoms with Crippen molar-refractivity contribution >= 4 is 17.2 Å². The van der Waals surface area contributed by atoms with Gasteiger partial charge in [-0.2, -0.15) is 0 Å². The lowest BCUT2D eigenvalue weighted by Crippen LogP contribution is -2.62. The Labute approximate surface area is 126 Å². The highest BCUT2D eigenvalue weighted by atomic mass is 32.1. The SMILES string of the molecule is O=C(Cn1cnnn1)N1CC(N2CCc3sccc3C2)C1. The van der Waals surface area contributed by atoms with E-state index in [4.69, 9.17) is 0 Å². The molecule has 21 heavy (non-hydrogen) atoms. The third-order valence-electron chi connectivity index (χ3n) is 4.26. The van der Waals surface area contributed by atoms with Crippen LogP contribution in [-0.4, -0.2) is 61.6 Å². The van der Waals surface area contributed by atoms with E-state index in [2.05, 4.69) is 31.9 Å². The standard InChI is InChI=1S/C13H16N6OS/c20-13(8-19-9-14-15-16-19)18-6-11(7-18)17-3-1-12-10(5-17)2-4-21-12/h2,4,9,11H,1,3,5-8H2. The van der Waals surface area contributed by atoms with Crippen LogP contribution >= 0.6 is 11.3 Å². The number of thiophene rings is 1. The van der Waals surface area contributed by atoms with Crippen LogP contribution in [-0.2, 0) is 24.3 Å². The highest BCUT2D eigenvalue weighted by Gasteiger charge is 2.36. The quantitative estimate of drug-likeness (QED) is 0.799. The lowest BCUT2D eigenvalue weighted by atomic mass is 10.0. The second-order valence-electron chi connectivity index (χ2n) is 5.55. The minimum atomic E-state index is 0.0896. The van der Waals surface area contributed by atoms with E-state index in [0.29, 0.717) is 6.04 Å². The van der Waals surface area contributed by atoms with E-state index in [9.17, 15) is 4.79 Å². The molecule has 4 heterocycles. The molecule has 110 valence electrons. The Balaban J connectivity index is 1.30. The first-order chi connectivity index (χ1) is 10.3. The molecule has 0 saturated carbocycles. The minimum Gasteiger partial charge on any atom is -0.338 e. The molecule has 0 bridgehead atoms. The number of rotatable bonds is 3. The molecule has 2 aromatic rings. The average molecular weight is 304 g/mol. The molecule has 0 radical (unpaired) electrons. The number of likely N-dealkylation sites (tertiary alicyclic amines) is 1. The summed E-state index contributed by atoms with van der Waals surface area (Å²) in [5.74, 6) is 0.0896. The molecule has 2 aliphatic heterocycles. The molecule has 1 fully saturated rings. The second kappa shape index (κ2) is 5.19. The highest BCUT2D eigenvalue weighted by Crippen LogP contribution is 2.27. The zero-order valence-electron chi connectivity index (χ0n) is 11.6. The van der Waals surface area contributed by atoms with E-state index in [-0.39, 0.29) is 12.5 Å². The first-order valence-corrected chi connectivity index (χ1v) is 7.95. The second-order valence-corrected chi connectivity index (χ2v) is 6.55. The van der Waals surface area contributed by atoms with E-state index >= 15 is 0 Å². The van der Waals surface area contributed by atoms with Crippen molar-refractivity contribution in [3.05, 3.63) is 28.2 Å². The van der Waals surface area contributed by atoms with Crippen LogP contribution in [0.25, 0.3) is 0 Å². The molecule has 7 nitrogen and oxygen atoms in total. The summed E-state index contributed by atoms with van der Waals surface area (Å²) in [4.78, 5) is 18.0. The van der Waals surface area contributed by atoms with E-state index in [1.54, 1.807) is 0 Å². The maximum atomic E-state index is 12.1. The fourth-order valence-electron chi connectivity index (χ4n) is 2.96. The number of fused-ring (bicyclic) bond motifs is 1. The Morgan fingerprint density at radius 2 is 2.33 bits per heavy atom. The monoisotopic (exact) mass is 304 g/mol. The molecule has 2 aromatic heterocycles. The first-order valence-electron chi connectivity index (χ1n) is 7.07. The Morgan fingerprint density at radius 3 is 3.14 bits per heavy atom. The van der Waals surface area contributed by atoms with Gasteiger partial charge in [-0.15, -0.1) is 16.4 Å². The third-order valence-corrected chi connectivity index (χ3v) is 5.28. The van der Waals surface area contributed by atoms with Crippen LogP contribution in [0.4, 0.5) is 0 Å². The molecule has 0 unspecified atom stereocenters. The van der Waals surface area contributed by atoms with Crippen LogP contribution in [0.3, 0.4) is 0 Å². The summed E-state index contributed by atoms with van der Waals surface area (Å²) >= 11 is 1.86. The Bertz CT molecular complexity index is 633. The molecule has 0 aliphatic carbocycles. The summed E-state index contributed by atoms with van der Waals surface area (Å²) < 4.78 is 1.47. The molecule has 1 amide bonds. The van der Waals surface area contributed by atoms with Gasteiger partial charge in [0, 0.05) is 37.1 Å². The smallest absolute Gasteiger partial charge is 0.244 e. The maximum absolute atomic E-state index is 12.1. The molecule has 0 atom stereocenters. The summed E-state index contributed by atoms with van der Waals surface area (Å²) in [5.41, 5.74) is 1.46. The van der Waals surface area contributed by atoms with E-state index in [1.165, 1.54) is 21.4 Å². The summed E-state index contributed by atoms with van der Waals surface area (Å²) in [7, 11) is 0. The highest BCUT2D eigenvalue weighted by molar-refractivity contribution is 7.10. The van der Waals surface area contributed by atoms with Gasteiger partial charge in [0.25, 0.3) is 0 Å². The number of amides is 1. The van der Waals surface area contributed by atoms with Crippen LogP contribution in [0.2, 0.25) is 0 Å². The fourth-order valence-corrected chi connectivity index (χ4v) is 3.85. The third kappa shape index (κ3) is 2.44. The van der Waals surface area contributed by atoms with Gasteiger partial charge in [0.05, 0.1) is 0 Å². The predicted molar refractivity (Wildman–Crippen MR) is 76.6 cm³/mol. The zero-order chi connectivity index (χ0) is 14.2. The fraction of sp³-hybridized carbons (Fsp3) is 0.538. The van der Waals surface area contributed by atoms with Gasteiger partial charge in [0.15, 0.2) is 0 Å². The van der Waals surface area contributed by atoms with Crippen molar-refractivity contribution in [3.8, 4) is 0 Å². The van der Waals surface area contributed by atoms with Gasteiger partial charge >= 0.3 is 0 Å². The molecule has 0 aromatic carbocycles. The summed E-state index contributed by atoms with van der Waals surface area (Å²) in [6.07, 6.45) is 2.61. The van der Waals surface area contributed by atoms with Crippen molar-refractivity contribution in [1.82, 2.24) is 30.0 Å². The van der Waals surface area contributed by atoms with Crippen molar-refractivity contribution in [3.63, 3.8) is 0 Å². The van der Waals surface area contributed by atoms with Crippen LogP contribution in [0, 0.1) is 0 Å². The van der Waals surface area contributed by atoms with Gasteiger partial charge in [0.1, 0.15) is 12.9 Å². The Hall–Kier alpha value is -1.80. The maximum Gasteiger partial charge on any atom is 0.244 e. The van der Waals surface area contributed by atoms with Crippen LogP contribution in [0.15, 0.2) is 17.8 Å². The zero-order valence-corrected chi connectivity index (χ0v) is 12.4. The largest absolute Gasteiger partial charge is 0.338 e. The molecular weight excluding hydrogens is 288 g/mol. The first kappa shape index (κ1) is 12.9. The van der Waals surface area contributed by atoms with Gasteiger partial charge in [-0.05, 0) is 33.9 Å². The summed E-state index contributed by atoms with van der Waals surface area (Å²) in [6, 6.07) is 2.72. The van der Waals surface area contributed by atoms with E-state index < -0.39 is 0 Å². The predicted octanol–water partition coefficient (Wildman–Crippen LogP) is 0.00370. The Kier molecular flexibility index (Phi) is 3.19. The number of carbonyl (C=O) groups is 1. The molecule has 2 aliphatic rings. The van der Waals surface area contributed by atoms with Crippen LogP contribution < -0.4 is 0 Å². The van der Waals surface area contributed by atoms with E-state index in [1.807, 2.05) is 16.2 Å². The molecule has 8 heteroatoms. The van der Waals surface area contributed by atoms with Gasteiger partial charge in [-0.1, -0.05) is 0 Å². The van der Waals surface area contributed by atoms with E-state index in [0.717, 1.165) is 32.6 Å². The van der Waals surface area contributed by atoms with Gasteiger partial charge < -0.3 is 4.90 Å². The summed E-state index contributed by atoms with van der Waals surface area (Å²) in [5, 5.41) is 13.0. The van der Waals surface area contributed by atoms with Gasteiger partial charge in [0.2, 0.25) is 5.91 Å². The number of hydrogen-bond acceptors (Lipinski definition) is 6. The van der Waals surface area contributed by atoms with Crippen molar-refractivity contribution in [2.75, 3.05) is 19.6 Å². The minimum absolute atomic E-state index is 0.0896. The number of aromatic nitrogens is 4. The normalized spacial score (nSPS) is 19.3. The Morgan fingerprint density at radius 1 is 1.43 bits per heavy atom. The van der Waals surface area contributed by atoms with Crippen LogP contribution in [0.5, 0.6) is 0 Å². The number of nitrogens with zero attached hydrogens (tertiary/aromatic N) is 6.